The zero-order valence-electron chi connectivity index (χ0n) is 11.4. The van der Waals surface area contributed by atoms with Gasteiger partial charge < -0.3 is 0 Å². The summed E-state index contributed by atoms with van der Waals surface area (Å²) >= 11 is 0. The van der Waals surface area contributed by atoms with Gasteiger partial charge in [-0.3, -0.25) is 0 Å². The summed E-state index contributed by atoms with van der Waals surface area (Å²) in [4.78, 5) is 0. The van der Waals surface area contributed by atoms with Crippen molar-refractivity contribution in [2.45, 2.75) is 47.0 Å². The molecule has 0 spiro atoms. The van der Waals surface area contributed by atoms with Crippen molar-refractivity contribution in [1.29, 1.82) is 0 Å². The van der Waals surface area contributed by atoms with Gasteiger partial charge in [0.15, 0.2) is 0 Å². The average molecular weight is 244 g/mol. The molecule has 1 aromatic rings. The molecule has 1 aromatic heterocycles. The maximum Gasteiger partial charge on any atom is 0.0827 e. The molecule has 2 heterocycles. The molecular weight excluding hydrogens is 219 g/mol. The molecule has 0 atom stereocenters. The molecule has 1 aliphatic rings. The van der Waals surface area contributed by atoms with Gasteiger partial charge in [0.25, 0.3) is 0 Å². The Hall–Kier alpha value is -0.970. The van der Waals surface area contributed by atoms with E-state index >= 15 is 0 Å². The third-order valence-electron chi connectivity index (χ3n) is 2.52. The van der Waals surface area contributed by atoms with Crippen molar-refractivity contribution in [3.8, 4) is 0 Å². The van der Waals surface area contributed by atoms with Crippen LogP contribution >= 0.6 is 0 Å². The van der Waals surface area contributed by atoms with E-state index in [1.54, 1.807) is 6.20 Å². The Kier molecular flexibility index (Phi) is 9.62. The Morgan fingerprint density at radius 1 is 1.29 bits per heavy atom. The van der Waals surface area contributed by atoms with Crippen LogP contribution in [0.5, 0.6) is 0 Å². The van der Waals surface area contributed by atoms with Crippen molar-refractivity contribution in [2.24, 2.45) is 5.92 Å². The number of H-pyrrole nitrogens is 1. The first kappa shape index (κ1) is 16.0. The molecule has 1 N–H and O–H groups in total. The zero-order valence-corrected chi connectivity index (χ0v) is 11.4. The topological polar surface area (TPSA) is 44.8 Å². The number of nitrogens with zero attached hydrogens (tertiary/aromatic N) is 3. The van der Waals surface area contributed by atoms with E-state index in [4.69, 9.17) is 0 Å². The van der Waals surface area contributed by atoms with Crippen LogP contribution in [0.3, 0.4) is 0 Å². The largest absolute Gasteiger partial charge is 0.198 e. The van der Waals surface area contributed by atoms with Crippen molar-refractivity contribution in [2.75, 3.05) is 13.1 Å². The highest BCUT2D eigenvalue weighted by atomic mass is 19.2. The van der Waals surface area contributed by atoms with E-state index in [1.165, 1.54) is 0 Å². The summed E-state index contributed by atoms with van der Waals surface area (Å²) in [5.74, 6) is 0.567. The van der Waals surface area contributed by atoms with Gasteiger partial charge in [0, 0.05) is 13.1 Å². The summed E-state index contributed by atoms with van der Waals surface area (Å²) in [5.41, 5.74) is 0.984. The highest BCUT2D eigenvalue weighted by molar-refractivity contribution is 4.93. The van der Waals surface area contributed by atoms with Crippen LogP contribution in [0.2, 0.25) is 0 Å². The summed E-state index contributed by atoms with van der Waals surface area (Å²) in [7, 11) is 0. The molecular formula is C12H25FN4. The number of hydrogen-bond donors (Lipinski definition) is 1. The van der Waals surface area contributed by atoms with Crippen molar-refractivity contribution in [3.63, 3.8) is 0 Å². The van der Waals surface area contributed by atoms with Gasteiger partial charge in [0.1, 0.15) is 0 Å². The van der Waals surface area contributed by atoms with Crippen LogP contribution in [0.4, 0.5) is 4.48 Å². The molecule has 1 fully saturated rings. The summed E-state index contributed by atoms with van der Waals surface area (Å²) in [6, 6.07) is 0. The fourth-order valence-electron chi connectivity index (χ4n) is 1.73. The van der Waals surface area contributed by atoms with Gasteiger partial charge in [0.2, 0.25) is 0 Å². The number of halogens is 1. The van der Waals surface area contributed by atoms with Crippen molar-refractivity contribution in [1.82, 2.24) is 20.5 Å². The smallest absolute Gasteiger partial charge is 0.0827 e. The van der Waals surface area contributed by atoms with Gasteiger partial charge in [-0.15, -0.1) is 9.60 Å². The van der Waals surface area contributed by atoms with Crippen LogP contribution in [0.15, 0.2) is 6.20 Å². The molecule has 5 heteroatoms. The SMILES string of the molecule is CC.CC.FN1CCC(Cc2cn[nH]n2)CC1. The zero-order chi connectivity index (χ0) is 13.1. The Labute approximate surface area is 104 Å². The lowest BCUT2D eigenvalue weighted by atomic mass is 9.93. The quantitative estimate of drug-likeness (QED) is 0.813. The lowest BCUT2D eigenvalue weighted by Gasteiger charge is -2.24. The monoisotopic (exact) mass is 244 g/mol. The molecule has 17 heavy (non-hydrogen) atoms. The number of nitrogens with one attached hydrogen (secondary N) is 1. The minimum Gasteiger partial charge on any atom is -0.198 e. The van der Waals surface area contributed by atoms with Crippen LogP contribution in [0, 0.1) is 5.92 Å². The molecule has 0 aliphatic carbocycles. The summed E-state index contributed by atoms with van der Waals surface area (Å²) in [6.45, 7) is 9.12. The third kappa shape index (κ3) is 6.36. The van der Waals surface area contributed by atoms with Gasteiger partial charge in [-0.25, -0.2) is 0 Å². The van der Waals surface area contributed by atoms with E-state index in [0.29, 0.717) is 19.0 Å². The van der Waals surface area contributed by atoms with Crippen molar-refractivity contribution >= 4 is 0 Å². The second kappa shape index (κ2) is 10.2. The summed E-state index contributed by atoms with van der Waals surface area (Å²) < 4.78 is 12.6. The van der Waals surface area contributed by atoms with Gasteiger partial charge in [-0.2, -0.15) is 15.4 Å². The van der Waals surface area contributed by atoms with Crippen LogP contribution in [0.1, 0.15) is 46.2 Å². The number of aromatic nitrogens is 3. The molecule has 0 amide bonds. The Morgan fingerprint density at radius 3 is 2.35 bits per heavy atom. The van der Waals surface area contributed by atoms with E-state index in [1.807, 2.05) is 27.7 Å². The van der Waals surface area contributed by atoms with E-state index in [2.05, 4.69) is 15.4 Å². The molecule has 1 aliphatic heterocycles. The fraction of sp³-hybridized carbons (Fsp3) is 0.833. The maximum atomic E-state index is 12.6. The summed E-state index contributed by atoms with van der Waals surface area (Å²) in [6.07, 6.45) is 4.50. The highest BCUT2D eigenvalue weighted by Crippen LogP contribution is 2.20. The molecule has 0 saturated carbocycles. The predicted molar refractivity (Wildman–Crippen MR) is 68.2 cm³/mol. The van der Waals surface area contributed by atoms with E-state index < -0.39 is 0 Å². The highest BCUT2D eigenvalue weighted by Gasteiger charge is 2.19. The first-order valence-corrected chi connectivity index (χ1v) is 6.60. The molecule has 0 radical (unpaired) electrons. The average Bonchev–Trinajstić information content (AvgIpc) is 2.90. The van der Waals surface area contributed by atoms with Crippen molar-refractivity contribution < 1.29 is 4.48 Å². The van der Waals surface area contributed by atoms with E-state index in [-0.39, 0.29) is 0 Å². The van der Waals surface area contributed by atoms with Gasteiger partial charge >= 0.3 is 0 Å². The number of hydrogen-bond acceptors (Lipinski definition) is 3. The van der Waals surface area contributed by atoms with E-state index in [0.717, 1.165) is 30.1 Å². The molecule has 0 aromatic carbocycles. The first-order chi connectivity index (χ1) is 8.34. The fourth-order valence-corrected chi connectivity index (χ4v) is 1.73. The number of aromatic amines is 1. The third-order valence-corrected chi connectivity index (χ3v) is 2.52. The molecule has 100 valence electrons. The number of rotatable bonds is 2. The normalized spacial score (nSPS) is 16.5. The van der Waals surface area contributed by atoms with Gasteiger partial charge in [0.05, 0.1) is 11.9 Å². The van der Waals surface area contributed by atoms with Crippen LogP contribution in [-0.2, 0) is 6.42 Å². The molecule has 2 rings (SSSR count). The first-order valence-electron chi connectivity index (χ1n) is 6.60. The molecule has 4 nitrogen and oxygen atoms in total. The second-order valence-electron chi connectivity index (χ2n) is 3.52. The molecule has 0 bridgehead atoms. The maximum absolute atomic E-state index is 12.6. The standard InChI is InChI=1S/C8H13FN4.2C2H6/c9-13-3-1-7(2-4-13)5-8-6-10-12-11-8;2*1-2/h6-7H,1-5H2,(H,10,11,12);2*1-2H3. The van der Waals surface area contributed by atoms with Gasteiger partial charge in [-0.1, -0.05) is 27.7 Å². The van der Waals surface area contributed by atoms with Gasteiger partial charge in [-0.05, 0) is 25.2 Å². The van der Waals surface area contributed by atoms with Crippen LogP contribution in [-0.4, -0.2) is 33.6 Å². The molecule has 0 unspecified atom stereocenters. The van der Waals surface area contributed by atoms with Crippen LogP contribution < -0.4 is 0 Å². The Morgan fingerprint density at radius 2 is 1.88 bits per heavy atom. The van der Waals surface area contributed by atoms with Crippen molar-refractivity contribution in [3.05, 3.63) is 11.9 Å². The predicted octanol–water partition coefficient (Wildman–Crippen LogP) is 3.00. The minimum absolute atomic E-state index is 0.558. The minimum atomic E-state index is 0.558. The Balaban J connectivity index is 0.000000581. The lowest BCUT2D eigenvalue weighted by Crippen LogP contribution is -2.28. The van der Waals surface area contributed by atoms with E-state index in [9.17, 15) is 4.48 Å². The van der Waals surface area contributed by atoms with Crippen LogP contribution in [0.25, 0.3) is 0 Å². The molecule has 1 saturated heterocycles. The Bertz CT molecular complexity index is 243. The second-order valence-corrected chi connectivity index (χ2v) is 3.52. The number of piperidine rings is 1. The lowest BCUT2D eigenvalue weighted by molar-refractivity contribution is -0.00864. The summed E-state index contributed by atoms with van der Waals surface area (Å²) in [5, 5.41) is 11.2.